The zero-order valence-electron chi connectivity index (χ0n) is 6.88. The van der Waals surface area contributed by atoms with Gasteiger partial charge in [0.1, 0.15) is 0 Å². The molecular weight excluding hydrogens is 120 g/mol. The standard InChI is InChI=1S/C10H16/c1-4-6-9-7-8(3)10(9)5-2/h4-6,8-10H,2,7H2,1,3H3. The maximum atomic E-state index is 3.83. The number of allylic oxidation sites excluding steroid dienone is 3. The molecule has 1 fully saturated rings. The molecule has 0 saturated heterocycles. The number of hydrogen-bond donors (Lipinski definition) is 0. The fourth-order valence-corrected chi connectivity index (χ4v) is 1.83. The smallest absolute Gasteiger partial charge is 0.0147 e. The molecule has 0 heteroatoms. The first-order chi connectivity index (χ1) is 4.79. The molecule has 0 radical (unpaired) electrons. The molecule has 0 bridgehead atoms. The Labute approximate surface area is 63.6 Å². The minimum atomic E-state index is 0.746. The quantitative estimate of drug-likeness (QED) is 0.512. The largest absolute Gasteiger partial charge is 0.103 e. The SMILES string of the molecule is C=CC1C(C)CC1C=CC. The van der Waals surface area contributed by atoms with Gasteiger partial charge in [-0.25, -0.2) is 0 Å². The lowest BCUT2D eigenvalue weighted by Crippen LogP contribution is -2.31. The summed E-state index contributed by atoms with van der Waals surface area (Å²) in [4.78, 5) is 0. The molecule has 1 rings (SSSR count). The van der Waals surface area contributed by atoms with Gasteiger partial charge in [0.25, 0.3) is 0 Å². The van der Waals surface area contributed by atoms with Crippen LogP contribution in [0.4, 0.5) is 0 Å². The van der Waals surface area contributed by atoms with E-state index in [9.17, 15) is 0 Å². The van der Waals surface area contributed by atoms with Crippen molar-refractivity contribution in [2.75, 3.05) is 0 Å². The van der Waals surface area contributed by atoms with E-state index < -0.39 is 0 Å². The molecule has 10 heavy (non-hydrogen) atoms. The van der Waals surface area contributed by atoms with Crippen molar-refractivity contribution >= 4 is 0 Å². The first kappa shape index (κ1) is 7.59. The summed E-state index contributed by atoms with van der Waals surface area (Å²) in [5.41, 5.74) is 0. The van der Waals surface area contributed by atoms with E-state index in [-0.39, 0.29) is 0 Å². The summed E-state index contributed by atoms with van der Waals surface area (Å²) in [5.74, 6) is 2.40. The van der Waals surface area contributed by atoms with Gasteiger partial charge >= 0.3 is 0 Å². The molecule has 56 valence electrons. The lowest BCUT2D eigenvalue weighted by molar-refractivity contribution is 0.174. The van der Waals surface area contributed by atoms with Crippen molar-refractivity contribution < 1.29 is 0 Å². The molecule has 0 aromatic heterocycles. The highest BCUT2D eigenvalue weighted by atomic mass is 14.4. The monoisotopic (exact) mass is 136 g/mol. The van der Waals surface area contributed by atoms with Gasteiger partial charge in [-0.05, 0) is 31.1 Å². The van der Waals surface area contributed by atoms with Crippen LogP contribution in [0.5, 0.6) is 0 Å². The average molecular weight is 136 g/mol. The maximum Gasteiger partial charge on any atom is -0.0147 e. The van der Waals surface area contributed by atoms with Crippen LogP contribution < -0.4 is 0 Å². The van der Waals surface area contributed by atoms with Crippen molar-refractivity contribution in [2.45, 2.75) is 20.3 Å². The second kappa shape index (κ2) is 3.05. The van der Waals surface area contributed by atoms with Crippen LogP contribution in [0.15, 0.2) is 24.8 Å². The summed E-state index contributed by atoms with van der Waals surface area (Å²) < 4.78 is 0. The molecule has 0 aromatic carbocycles. The number of rotatable bonds is 2. The molecule has 1 aliphatic carbocycles. The van der Waals surface area contributed by atoms with Crippen LogP contribution in [0.1, 0.15) is 20.3 Å². The molecule has 0 heterocycles. The lowest BCUT2D eigenvalue weighted by atomic mass is 9.66. The van der Waals surface area contributed by atoms with Crippen LogP contribution in [0, 0.1) is 17.8 Å². The Morgan fingerprint density at radius 1 is 1.50 bits per heavy atom. The molecule has 0 spiro atoms. The van der Waals surface area contributed by atoms with Crippen molar-refractivity contribution in [2.24, 2.45) is 17.8 Å². The highest BCUT2D eigenvalue weighted by Crippen LogP contribution is 2.41. The van der Waals surface area contributed by atoms with Crippen molar-refractivity contribution in [1.29, 1.82) is 0 Å². The molecule has 0 amide bonds. The fourth-order valence-electron chi connectivity index (χ4n) is 1.83. The van der Waals surface area contributed by atoms with E-state index in [4.69, 9.17) is 0 Å². The topological polar surface area (TPSA) is 0 Å². The Kier molecular flexibility index (Phi) is 2.31. The zero-order valence-corrected chi connectivity index (χ0v) is 6.88. The van der Waals surface area contributed by atoms with Crippen LogP contribution >= 0.6 is 0 Å². The van der Waals surface area contributed by atoms with Gasteiger partial charge in [0, 0.05) is 0 Å². The Morgan fingerprint density at radius 3 is 2.60 bits per heavy atom. The van der Waals surface area contributed by atoms with Crippen LogP contribution in [0.2, 0.25) is 0 Å². The van der Waals surface area contributed by atoms with Crippen molar-refractivity contribution in [1.82, 2.24) is 0 Å². The van der Waals surface area contributed by atoms with Gasteiger partial charge < -0.3 is 0 Å². The Bertz CT molecular complexity index is 144. The van der Waals surface area contributed by atoms with Crippen LogP contribution in [0.3, 0.4) is 0 Å². The van der Waals surface area contributed by atoms with Crippen LogP contribution in [-0.2, 0) is 0 Å². The fraction of sp³-hybridized carbons (Fsp3) is 0.600. The number of hydrogen-bond acceptors (Lipinski definition) is 0. The lowest BCUT2D eigenvalue weighted by Gasteiger charge is -2.39. The summed E-state index contributed by atoms with van der Waals surface area (Å²) >= 11 is 0. The Balaban J connectivity index is 2.45. The van der Waals surface area contributed by atoms with E-state index in [1.165, 1.54) is 6.42 Å². The summed E-state index contributed by atoms with van der Waals surface area (Å²) in [6, 6.07) is 0. The van der Waals surface area contributed by atoms with E-state index in [1.54, 1.807) is 0 Å². The van der Waals surface area contributed by atoms with Gasteiger partial charge in [-0.15, -0.1) is 6.58 Å². The van der Waals surface area contributed by atoms with E-state index >= 15 is 0 Å². The molecule has 0 aromatic rings. The van der Waals surface area contributed by atoms with Gasteiger partial charge in [0.15, 0.2) is 0 Å². The minimum absolute atomic E-state index is 0.746. The normalized spacial score (nSPS) is 39.6. The molecule has 3 unspecified atom stereocenters. The van der Waals surface area contributed by atoms with Gasteiger partial charge in [-0.2, -0.15) is 0 Å². The summed E-state index contributed by atoms with van der Waals surface area (Å²) in [6.07, 6.45) is 7.89. The summed E-state index contributed by atoms with van der Waals surface area (Å²) in [7, 11) is 0. The molecule has 1 saturated carbocycles. The van der Waals surface area contributed by atoms with Gasteiger partial charge in [0.05, 0.1) is 0 Å². The predicted octanol–water partition coefficient (Wildman–Crippen LogP) is 3.02. The zero-order chi connectivity index (χ0) is 7.56. The molecule has 3 atom stereocenters. The average Bonchev–Trinajstić information content (AvgIpc) is 1.88. The molecular formula is C10H16. The highest BCUT2D eigenvalue weighted by molar-refractivity contribution is 5.05. The molecule has 0 N–H and O–H groups in total. The van der Waals surface area contributed by atoms with E-state index in [2.05, 4.69) is 38.7 Å². The third-order valence-electron chi connectivity index (χ3n) is 2.51. The highest BCUT2D eigenvalue weighted by Gasteiger charge is 2.33. The second-order valence-electron chi connectivity index (χ2n) is 3.22. The second-order valence-corrected chi connectivity index (χ2v) is 3.22. The molecule has 0 aliphatic heterocycles. The van der Waals surface area contributed by atoms with Crippen LogP contribution in [0.25, 0.3) is 0 Å². The van der Waals surface area contributed by atoms with Crippen molar-refractivity contribution in [3.8, 4) is 0 Å². The first-order valence-electron chi connectivity index (χ1n) is 4.05. The minimum Gasteiger partial charge on any atom is -0.103 e. The predicted molar refractivity (Wildman–Crippen MR) is 45.8 cm³/mol. The molecule has 1 aliphatic rings. The third-order valence-corrected chi connectivity index (χ3v) is 2.51. The van der Waals surface area contributed by atoms with Crippen LogP contribution in [-0.4, -0.2) is 0 Å². The van der Waals surface area contributed by atoms with E-state index in [0.29, 0.717) is 0 Å². The van der Waals surface area contributed by atoms with E-state index in [0.717, 1.165) is 17.8 Å². The third kappa shape index (κ3) is 1.16. The summed E-state index contributed by atoms with van der Waals surface area (Å²) in [6.45, 7) is 8.22. The Hall–Kier alpha value is -0.520. The molecule has 0 nitrogen and oxygen atoms in total. The van der Waals surface area contributed by atoms with Gasteiger partial charge in [0.2, 0.25) is 0 Å². The van der Waals surface area contributed by atoms with E-state index in [1.807, 2.05) is 0 Å². The first-order valence-corrected chi connectivity index (χ1v) is 4.05. The van der Waals surface area contributed by atoms with Crippen molar-refractivity contribution in [3.05, 3.63) is 24.8 Å². The van der Waals surface area contributed by atoms with Gasteiger partial charge in [-0.3, -0.25) is 0 Å². The van der Waals surface area contributed by atoms with Crippen molar-refractivity contribution in [3.63, 3.8) is 0 Å². The Morgan fingerprint density at radius 2 is 2.20 bits per heavy atom. The van der Waals surface area contributed by atoms with Gasteiger partial charge in [-0.1, -0.05) is 25.2 Å². The maximum absolute atomic E-state index is 3.83. The summed E-state index contributed by atoms with van der Waals surface area (Å²) in [5, 5.41) is 0.